The molecule has 0 radical (unpaired) electrons. The maximum atomic E-state index is 4.63. The lowest BCUT2D eigenvalue weighted by atomic mass is 9.90. The van der Waals surface area contributed by atoms with E-state index >= 15 is 0 Å². The molecule has 0 spiro atoms. The van der Waals surface area contributed by atoms with Gasteiger partial charge in [-0.05, 0) is 24.1 Å². The summed E-state index contributed by atoms with van der Waals surface area (Å²) in [6.07, 6.45) is 2.14. The van der Waals surface area contributed by atoms with Gasteiger partial charge in [0, 0.05) is 11.6 Å². The molecular formula is C15H15BN2. The van der Waals surface area contributed by atoms with Gasteiger partial charge in [0.2, 0.25) is 0 Å². The second-order valence-corrected chi connectivity index (χ2v) is 4.75. The summed E-state index contributed by atoms with van der Waals surface area (Å²) in [5.74, 6) is 0. The average Bonchev–Trinajstić information content (AvgIpc) is 2.79. The number of aryl methyl sites for hydroxylation is 1. The Labute approximate surface area is 108 Å². The summed E-state index contributed by atoms with van der Waals surface area (Å²) in [4.78, 5) is 0. The summed E-state index contributed by atoms with van der Waals surface area (Å²) in [5.41, 5.74) is 5.00. The van der Waals surface area contributed by atoms with Crippen LogP contribution in [0.1, 0.15) is 11.1 Å². The molecular weight excluding hydrogens is 219 g/mol. The molecule has 3 aromatic rings. The van der Waals surface area contributed by atoms with E-state index in [-0.39, 0.29) is 0 Å². The summed E-state index contributed by atoms with van der Waals surface area (Å²) in [6, 6.07) is 14.7. The lowest BCUT2D eigenvalue weighted by Crippen LogP contribution is -2.05. The Balaban J connectivity index is 2.02. The number of hydrogen-bond donors (Lipinski definition) is 0. The SMILES string of the molecule is Bc1ccc2nn(Cc3ccccc3)cc2c1C. The fourth-order valence-electron chi connectivity index (χ4n) is 2.24. The van der Waals surface area contributed by atoms with Gasteiger partial charge in [0.1, 0.15) is 7.85 Å². The van der Waals surface area contributed by atoms with Gasteiger partial charge in [0.25, 0.3) is 0 Å². The zero-order valence-electron chi connectivity index (χ0n) is 10.7. The van der Waals surface area contributed by atoms with E-state index in [2.05, 4.69) is 62.5 Å². The molecule has 0 fully saturated rings. The molecule has 1 heterocycles. The van der Waals surface area contributed by atoms with Crippen molar-refractivity contribution in [2.75, 3.05) is 0 Å². The lowest BCUT2D eigenvalue weighted by Gasteiger charge is -2.00. The molecule has 0 unspecified atom stereocenters. The first-order valence-corrected chi connectivity index (χ1v) is 6.21. The van der Waals surface area contributed by atoms with Gasteiger partial charge in [-0.25, -0.2) is 0 Å². The number of nitrogens with zero attached hydrogens (tertiary/aromatic N) is 2. The van der Waals surface area contributed by atoms with Crippen molar-refractivity contribution in [3.63, 3.8) is 0 Å². The van der Waals surface area contributed by atoms with E-state index in [9.17, 15) is 0 Å². The second kappa shape index (κ2) is 4.33. The predicted molar refractivity (Wildman–Crippen MR) is 78.2 cm³/mol. The van der Waals surface area contributed by atoms with Gasteiger partial charge < -0.3 is 0 Å². The number of aromatic nitrogens is 2. The summed E-state index contributed by atoms with van der Waals surface area (Å²) >= 11 is 0. The molecule has 88 valence electrons. The minimum absolute atomic E-state index is 0.827. The van der Waals surface area contributed by atoms with E-state index in [1.165, 1.54) is 22.0 Å². The van der Waals surface area contributed by atoms with Crippen molar-refractivity contribution >= 4 is 24.2 Å². The molecule has 2 aromatic carbocycles. The van der Waals surface area contributed by atoms with Crippen LogP contribution < -0.4 is 5.46 Å². The quantitative estimate of drug-likeness (QED) is 0.616. The van der Waals surface area contributed by atoms with E-state index in [0.29, 0.717) is 0 Å². The maximum absolute atomic E-state index is 4.63. The Kier molecular flexibility index (Phi) is 2.67. The first-order chi connectivity index (χ1) is 8.74. The molecule has 0 saturated carbocycles. The van der Waals surface area contributed by atoms with Crippen molar-refractivity contribution in [1.82, 2.24) is 9.78 Å². The molecule has 0 N–H and O–H groups in total. The van der Waals surface area contributed by atoms with Gasteiger partial charge in [0.05, 0.1) is 12.1 Å². The normalized spacial score (nSPS) is 10.9. The fourth-order valence-corrected chi connectivity index (χ4v) is 2.24. The Hall–Kier alpha value is -2.03. The first-order valence-electron chi connectivity index (χ1n) is 6.21. The third-order valence-electron chi connectivity index (χ3n) is 3.46. The standard InChI is InChI=1S/C15H15BN2/c1-11-13-10-18(9-12-5-3-2-4-6-12)17-15(13)8-7-14(11)16/h2-8,10H,9,16H2,1H3. The van der Waals surface area contributed by atoms with Gasteiger partial charge >= 0.3 is 0 Å². The highest BCUT2D eigenvalue weighted by Gasteiger charge is 2.05. The Morgan fingerprint density at radius 2 is 1.89 bits per heavy atom. The molecule has 0 aliphatic heterocycles. The monoisotopic (exact) mass is 234 g/mol. The molecule has 2 nitrogen and oxygen atoms in total. The molecule has 0 bridgehead atoms. The fraction of sp³-hybridized carbons (Fsp3) is 0.133. The number of benzene rings is 2. The maximum Gasteiger partial charge on any atom is 0.139 e. The highest BCUT2D eigenvalue weighted by molar-refractivity contribution is 6.34. The molecule has 0 amide bonds. The number of fused-ring (bicyclic) bond motifs is 1. The van der Waals surface area contributed by atoms with Crippen molar-refractivity contribution in [2.45, 2.75) is 13.5 Å². The minimum Gasteiger partial charge on any atom is -0.267 e. The summed E-state index contributed by atoms with van der Waals surface area (Å²) in [7, 11) is 2.14. The number of hydrogen-bond acceptors (Lipinski definition) is 1. The topological polar surface area (TPSA) is 17.8 Å². The smallest absolute Gasteiger partial charge is 0.139 e. The first kappa shape index (κ1) is 11.1. The van der Waals surface area contributed by atoms with Gasteiger partial charge in [-0.15, -0.1) is 0 Å². The van der Waals surface area contributed by atoms with Crippen LogP contribution in [0.5, 0.6) is 0 Å². The molecule has 3 rings (SSSR count). The zero-order chi connectivity index (χ0) is 12.5. The summed E-state index contributed by atoms with van der Waals surface area (Å²) < 4.78 is 2.02. The van der Waals surface area contributed by atoms with Crippen molar-refractivity contribution in [2.24, 2.45) is 0 Å². The molecule has 0 saturated heterocycles. The van der Waals surface area contributed by atoms with Crippen LogP contribution in [0, 0.1) is 6.92 Å². The van der Waals surface area contributed by atoms with E-state index in [1.54, 1.807) is 0 Å². The van der Waals surface area contributed by atoms with E-state index in [0.717, 1.165) is 12.1 Å². The van der Waals surface area contributed by atoms with Crippen molar-refractivity contribution in [3.8, 4) is 0 Å². The summed E-state index contributed by atoms with van der Waals surface area (Å²) in [6.45, 7) is 2.99. The second-order valence-electron chi connectivity index (χ2n) is 4.75. The van der Waals surface area contributed by atoms with Gasteiger partial charge in [-0.3, -0.25) is 4.68 Å². The van der Waals surface area contributed by atoms with Gasteiger partial charge in [0.15, 0.2) is 0 Å². The van der Waals surface area contributed by atoms with Crippen LogP contribution in [-0.2, 0) is 6.54 Å². The Morgan fingerprint density at radius 1 is 1.11 bits per heavy atom. The van der Waals surface area contributed by atoms with Crippen LogP contribution in [0.2, 0.25) is 0 Å². The van der Waals surface area contributed by atoms with Crippen LogP contribution in [0.15, 0.2) is 48.7 Å². The Morgan fingerprint density at radius 3 is 2.67 bits per heavy atom. The molecule has 3 heteroatoms. The van der Waals surface area contributed by atoms with Crippen molar-refractivity contribution in [1.29, 1.82) is 0 Å². The van der Waals surface area contributed by atoms with Gasteiger partial charge in [-0.1, -0.05) is 41.9 Å². The van der Waals surface area contributed by atoms with Crippen LogP contribution in [0.4, 0.5) is 0 Å². The molecule has 1 aromatic heterocycles. The van der Waals surface area contributed by atoms with Crippen LogP contribution in [0.25, 0.3) is 10.9 Å². The Bertz CT molecular complexity index is 686. The average molecular weight is 234 g/mol. The van der Waals surface area contributed by atoms with Crippen LogP contribution >= 0.6 is 0 Å². The van der Waals surface area contributed by atoms with E-state index in [1.807, 2.05) is 10.7 Å². The van der Waals surface area contributed by atoms with Crippen LogP contribution in [-0.4, -0.2) is 17.6 Å². The number of rotatable bonds is 2. The van der Waals surface area contributed by atoms with E-state index in [4.69, 9.17) is 0 Å². The highest BCUT2D eigenvalue weighted by Crippen LogP contribution is 2.15. The molecule has 0 atom stereocenters. The third kappa shape index (κ3) is 1.92. The lowest BCUT2D eigenvalue weighted by molar-refractivity contribution is 0.696. The summed E-state index contributed by atoms with van der Waals surface area (Å²) in [5, 5.41) is 5.88. The van der Waals surface area contributed by atoms with Crippen molar-refractivity contribution < 1.29 is 0 Å². The molecule has 18 heavy (non-hydrogen) atoms. The largest absolute Gasteiger partial charge is 0.267 e. The molecule has 0 aliphatic rings. The third-order valence-corrected chi connectivity index (χ3v) is 3.46. The van der Waals surface area contributed by atoms with Crippen LogP contribution in [0.3, 0.4) is 0 Å². The predicted octanol–water partition coefficient (Wildman–Crippen LogP) is 1.65. The van der Waals surface area contributed by atoms with E-state index < -0.39 is 0 Å². The van der Waals surface area contributed by atoms with Crippen molar-refractivity contribution in [3.05, 3.63) is 59.8 Å². The molecule has 0 aliphatic carbocycles. The minimum atomic E-state index is 0.827. The highest BCUT2D eigenvalue weighted by atomic mass is 15.3. The zero-order valence-corrected chi connectivity index (χ0v) is 10.7. The van der Waals surface area contributed by atoms with Gasteiger partial charge in [-0.2, -0.15) is 5.10 Å².